The summed E-state index contributed by atoms with van der Waals surface area (Å²) in [5.74, 6) is 0.893. The highest BCUT2D eigenvalue weighted by Gasteiger charge is 2.14. The summed E-state index contributed by atoms with van der Waals surface area (Å²) >= 11 is 1.78. The van der Waals surface area contributed by atoms with Crippen molar-refractivity contribution >= 4 is 22.6 Å². The lowest BCUT2D eigenvalue weighted by molar-refractivity contribution is 0.340. The van der Waals surface area contributed by atoms with Crippen molar-refractivity contribution in [2.45, 2.75) is 19.1 Å². The van der Waals surface area contributed by atoms with Crippen molar-refractivity contribution in [1.29, 1.82) is 0 Å². The summed E-state index contributed by atoms with van der Waals surface area (Å²) in [4.78, 5) is 4.42. The summed E-state index contributed by atoms with van der Waals surface area (Å²) in [7, 11) is 0. The van der Waals surface area contributed by atoms with Gasteiger partial charge >= 0.3 is 0 Å². The fraction of sp³-hybridized carbons (Fsp3) is 0.417. The third kappa shape index (κ3) is 2.92. The van der Waals surface area contributed by atoms with Crippen LogP contribution in [0.15, 0.2) is 29.3 Å². The molecule has 0 saturated carbocycles. The monoisotopic (exact) mass is 236 g/mol. The number of hydrogen-bond donors (Lipinski definition) is 1. The highest BCUT2D eigenvalue weighted by molar-refractivity contribution is 8.15. The standard InChI is InChI=1S/C12H16N2OS/c1-3-15-11-6-4-5-10(7-11)14-12-13-8-9(2)16-12/h4-7,9H,3,8H2,1-2H3,(H,13,14). The quantitative estimate of drug-likeness (QED) is 0.876. The van der Waals surface area contributed by atoms with Crippen molar-refractivity contribution in [3.63, 3.8) is 0 Å². The number of amidine groups is 1. The van der Waals surface area contributed by atoms with E-state index in [4.69, 9.17) is 4.74 Å². The molecule has 2 rings (SSSR count). The van der Waals surface area contributed by atoms with E-state index in [1.807, 2.05) is 31.2 Å². The summed E-state index contributed by atoms with van der Waals surface area (Å²) < 4.78 is 5.45. The highest BCUT2D eigenvalue weighted by Crippen LogP contribution is 2.23. The largest absolute Gasteiger partial charge is 0.494 e. The molecule has 0 spiro atoms. The highest BCUT2D eigenvalue weighted by atomic mass is 32.2. The van der Waals surface area contributed by atoms with Gasteiger partial charge in [-0.15, -0.1) is 0 Å². The molecule has 1 N–H and O–H groups in total. The normalized spacial score (nSPS) is 19.4. The number of thioether (sulfide) groups is 1. The number of ether oxygens (including phenoxy) is 1. The van der Waals surface area contributed by atoms with E-state index >= 15 is 0 Å². The van der Waals surface area contributed by atoms with Gasteiger partial charge in [0.2, 0.25) is 0 Å². The van der Waals surface area contributed by atoms with Crippen LogP contribution < -0.4 is 10.1 Å². The fourth-order valence-electron chi connectivity index (χ4n) is 1.50. The lowest BCUT2D eigenvalue weighted by Crippen LogP contribution is -2.06. The van der Waals surface area contributed by atoms with Crippen molar-refractivity contribution in [1.82, 2.24) is 0 Å². The minimum Gasteiger partial charge on any atom is -0.494 e. The fourth-order valence-corrected chi connectivity index (χ4v) is 2.36. The van der Waals surface area contributed by atoms with E-state index in [-0.39, 0.29) is 0 Å². The van der Waals surface area contributed by atoms with E-state index in [1.165, 1.54) is 0 Å². The van der Waals surface area contributed by atoms with Crippen LogP contribution in [-0.4, -0.2) is 23.6 Å². The van der Waals surface area contributed by atoms with Crippen LogP contribution in [0.1, 0.15) is 13.8 Å². The summed E-state index contributed by atoms with van der Waals surface area (Å²) in [5, 5.41) is 4.89. The van der Waals surface area contributed by atoms with Crippen LogP contribution in [0.2, 0.25) is 0 Å². The maximum Gasteiger partial charge on any atom is 0.161 e. The number of rotatable bonds is 3. The smallest absolute Gasteiger partial charge is 0.161 e. The van der Waals surface area contributed by atoms with Crippen LogP contribution >= 0.6 is 11.8 Å². The van der Waals surface area contributed by atoms with Crippen LogP contribution in [-0.2, 0) is 0 Å². The molecule has 1 heterocycles. The molecular formula is C12H16N2OS. The molecule has 1 aromatic carbocycles. The second-order valence-electron chi connectivity index (χ2n) is 3.66. The van der Waals surface area contributed by atoms with E-state index in [2.05, 4.69) is 17.2 Å². The van der Waals surface area contributed by atoms with Crippen molar-refractivity contribution in [2.75, 3.05) is 18.5 Å². The number of nitrogens with one attached hydrogen (secondary N) is 1. The Bertz CT molecular complexity index is 392. The third-order valence-electron chi connectivity index (χ3n) is 2.20. The summed E-state index contributed by atoms with van der Waals surface area (Å²) in [6.07, 6.45) is 0. The molecule has 0 aromatic heterocycles. The Hall–Kier alpha value is -1.16. The third-order valence-corrected chi connectivity index (χ3v) is 3.21. The van der Waals surface area contributed by atoms with Gasteiger partial charge in [-0.3, -0.25) is 4.99 Å². The lowest BCUT2D eigenvalue weighted by atomic mass is 10.3. The number of aliphatic imine (C=N–C) groups is 1. The molecule has 1 aliphatic rings. The van der Waals surface area contributed by atoms with Crippen LogP contribution in [0, 0.1) is 0 Å². The molecule has 86 valence electrons. The SMILES string of the molecule is CCOc1cccc(NC2=NCC(C)S2)c1. The predicted octanol–water partition coefficient (Wildman–Crippen LogP) is 2.99. The molecule has 4 heteroatoms. The lowest BCUT2D eigenvalue weighted by Gasteiger charge is -2.08. The number of nitrogens with zero attached hydrogens (tertiary/aromatic N) is 1. The Kier molecular flexibility index (Phi) is 3.72. The van der Waals surface area contributed by atoms with Crippen molar-refractivity contribution in [2.24, 2.45) is 4.99 Å². The number of anilines is 1. The van der Waals surface area contributed by atoms with Crippen LogP contribution in [0.5, 0.6) is 5.75 Å². The molecule has 0 fully saturated rings. The van der Waals surface area contributed by atoms with Gasteiger partial charge in [0.25, 0.3) is 0 Å². The van der Waals surface area contributed by atoms with E-state index < -0.39 is 0 Å². The summed E-state index contributed by atoms with van der Waals surface area (Å²) in [6, 6.07) is 7.96. The van der Waals surface area contributed by atoms with E-state index in [9.17, 15) is 0 Å². The van der Waals surface area contributed by atoms with Crippen molar-refractivity contribution < 1.29 is 4.74 Å². The van der Waals surface area contributed by atoms with E-state index in [1.54, 1.807) is 11.8 Å². The molecule has 0 radical (unpaired) electrons. The number of hydrogen-bond acceptors (Lipinski definition) is 4. The van der Waals surface area contributed by atoms with Gasteiger partial charge in [0.05, 0.1) is 13.2 Å². The van der Waals surface area contributed by atoms with Gasteiger partial charge in [0.1, 0.15) is 5.75 Å². The second kappa shape index (κ2) is 5.25. The first-order valence-corrected chi connectivity index (χ1v) is 6.37. The zero-order chi connectivity index (χ0) is 11.4. The Labute approximate surface area is 100 Å². The van der Waals surface area contributed by atoms with Gasteiger partial charge in [-0.2, -0.15) is 0 Å². The van der Waals surface area contributed by atoms with Gasteiger partial charge in [0, 0.05) is 17.0 Å². The Morgan fingerprint density at radius 2 is 2.44 bits per heavy atom. The average Bonchev–Trinajstić information content (AvgIpc) is 2.65. The second-order valence-corrected chi connectivity index (χ2v) is 5.09. The zero-order valence-electron chi connectivity index (χ0n) is 9.56. The summed E-state index contributed by atoms with van der Waals surface area (Å²) in [5.41, 5.74) is 1.03. The molecule has 0 aliphatic carbocycles. The van der Waals surface area contributed by atoms with E-state index in [0.29, 0.717) is 11.9 Å². The zero-order valence-corrected chi connectivity index (χ0v) is 10.4. The van der Waals surface area contributed by atoms with Gasteiger partial charge in [0.15, 0.2) is 5.17 Å². The maximum atomic E-state index is 5.45. The van der Waals surface area contributed by atoms with Gasteiger partial charge < -0.3 is 10.1 Å². The maximum absolute atomic E-state index is 5.45. The van der Waals surface area contributed by atoms with Crippen LogP contribution in [0.25, 0.3) is 0 Å². The van der Waals surface area contributed by atoms with Crippen molar-refractivity contribution in [3.8, 4) is 5.75 Å². The Balaban J connectivity index is 2.01. The topological polar surface area (TPSA) is 33.6 Å². The van der Waals surface area contributed by atoms with Crippen molar-refractivity contribution in [3.05, 3.63) is 24.3 Å². The minimum atomic E-state index is 0.581. The average molecular weight is 236 g/mol. The Morgan fingerprint density at radius 3 is 3.12 bits per heavy atom. The van der Waals surface area contributed by atoms with Crippen LogP contribution in [0.4, 0.5) is 5.69 Å². The molecule has 0 saturated heterocycles. The van der Waals surface area contributed by atoms with Gasteiger partial charge in [-0.25, -0.2) is 0 Å². The molecule has 1 unspecified atom stereocenters. The molecule has 3 nitrogen and oxygen atoms in total. The molecule has 0 bridgehead atoms. The molecular weight excluding hydrogens is 220 g/mol. The predicted molar refractivity (Wildman–Crippen MR) is 70.6 cm³/mol. The van der Waals surface area contributed by atoms with Gasteiger partial charge in [-0.05, 0) is 19.1 Å². The molecule has 1 aromatic rings. The summed E-state index contributed by atoms with van der Waals surface area (Å²) in [6.45, 7) is 5.76. The molecule has 1 atom stereocenters. The first-order chi connectivity index (χ1) is 7.78. The Morgan fingerprint density at radius 1 is 1.56 bits per heavy atom. The first kappa shape index (κ1) is 11.3. The number of benzene rings is 1. The van der Waals surface area contributed by atoms with E-state index in [0.717, 1.165) is 23.1 Å². The first-order valence-electron chi connectivity index (χ1n) is 5.49. The molecule has 0 amide bonds. The molecule has 16 heavy (non-hydrogen) atoms. The molecule has 1 aliphatic heterocycles. The van der Waals surface area contributed by atoms with Crippen LogP contribution in [0.3, 0.4) is 0 Å². The van der Waals surface area contributed by atoms with Gasteiger partial charge in [-0.1, -0.05) is 24.8 Å². The minimum absolute atomic E-state index is 0.581.